The van der Waals surface area contributed by atoms with Gasteiger partial charge >= 0.3 is 12.0 Å². The molecule has 148 valence electrons. The molecule has 0 radical (unpaired) electrons. The molecule has 28 heavy (non-hydrogen) atoms. The highest BCUT2D eigenvalue weighted by Gasteiger charge is 2.18. The van der Waals surface area contributed by atoms with Crippen LogP contribution in [0.15, 0.2) is 41.2 Å². The van der Waals surface area contributed by atoms with E-state index in [4.69, 9.17) is 9.47 Å². The number of hydrogen-bond acceptors (Lipinski definition) is 7. The van der Waals surface area contributed by atoms with Crippen LogP contribution in [-0.4, -0.2) is 54.6 Å². The summed E-state index contributed by atoms with van der Waals surface area (Å²) in [4.78, 5) is 47.3. The van der Waals surface area contributed by atoms with Crippen molar-refractivity contribution >= 4 is 17.9 Å². The molecule has 0 aliphatic rings. The molecule has 0 unspecified atom stereocenters. The van der Waals surface area contributed by atoms with Crippen LogP contribution in [0.25, 0.3) is 5.69 Å². The normalized spacial score (nSPS) is 10.2. The zero-order valence-corrected chi connectivity index (χ0v) is 15.4. The Morgan fingerprint density at radius 2 is 1.89 bits per heavy atom. The summed E-state index contributed by atoms with van der Waals surface area (Å²) in [6, 6.07) is 9.41. The average Bonchev–Trinajstić information content (AvgIpc) is 2.67. The molecule has 1 heterocycles. The van der Waals surface area contributed by atoms with Gasteiger partial charge in [-0.15, -0.1) is 0 Å². The van der Waals surface area contributed by atoms with Gasteiger partial charge in [0.05, 0.1) is 12.3 Å². The molecular weight excluding hydrogens is 368 g/mol. The van der Waals surface area contributed by atoms with E-state index in [0.717, 1.165) is 0 Å². The van der Waals surface area contributed by atoms with Gasteiger partial charge in [-0.1, -0.05) is 18.2 Å². The third-order valence-electron chi connectivity index (χ3n) is 3.48. The lowest BCUT2D eigenvalue weighted by Crippen LogP contribution is -2.42. The van der Waals surface area contributed by atoms with Crippen molar-refractivity contribution in [1.82, 2.24) is 20.4 Å². The SMILES string of the molecule is COCCNC(=O)NC(=O)COC(=O)c1nn(-c2ccccc2)c(C)cc1=O. The Morgan fingerprint density at radius 3 is 2.57 bits per heavy atom. The lowest BCUT2D eigenvalue weighted by Gasteiger charge is -2.11. The van der Waals surface area contributed by atoms with Crippen LogP contribution in [0.4, 0.5) is 4.79 Å². The van der Waals surface area contributed by atoms with Crippen molar-refractivity contribution in [2.75, 3.05) is 26.9 Å². The summed E-state index contributed by atoms with van der Waals surface area (Å²) < 4.78 is 11.0. The molecule has 0 aliphatic heterocycles. The molecule has 10 nitrogen and oxygen atoms in total. The van der Waals surface area contributed by atoms with Gasteiger partial charge in [-0.3, -0.25) is 14.9 Å². The Labute approximate surface area is 160 Å². The van der Waals surface area contributed by atoms with E-state index in [0.29, 0.717) is 11.4 Å². The van der Waals surface area contributed by atoms with E-state index in [9.17, 15) is 19.2 Å². The van der Waals surface area contributed by atoms with E-state index >= 15 is 0 Å². The summed E-state index contributed by atoms with van der Waals surface area (Å²) >= 11 is 0. The standard InChI is InChI=1S/C18H20N4O6/c1-12-10-14(23)16(21-22(12)13-6-4-3-5-7-13)17(25)28-11-15(24)20-18(26)19-8-9-27-2/h3-7,10H,8-9,11H2,1-2H3,(H2,19,20,24,26). The van der Waals surface area contributed by atoms with Crippen LogP contribution in [0.1, 0.15) is 16.2 Å². The van der Waals surface area contributed by atoms with E-state index in [2.05, 4.69) is 10.4 Å². The van der Waals surface area contributed by atoms with E-state index < -0.39 is 35.6 Å². The number of ether oxygens (including phenoxy) is 2. The fourth-order valence-electron chi connectivity index (χ4n) is 2.19. The van der Waals surface area contributed by atoms with Crippen molar-refractivity contribution in [3.63, 3.8) is 0 Å². The van der Waals surface area contributed by atoms with Crippen molar-refractivity contribution in [2.45, 2.75) is 6.92 Å². The molecule has 1 aromatic carbocycles. The summed E-state index contributed by atoms with van der Waals surface area (Å²) in [5, 5.41) is 8.39. The Morgan fingerprint density at radius 1 is 1.18 bits per heavy atom. The molecule has 0 atom stereocenters. The van der Waals surface area contributed by atoms with Crippen LogP contribution in [0.5, 0.6) is 0 Å². The number of amides is 3. The maximum Gasteiger partial charge on any atom is 0.363 e. The number of aryl methyl sites for hydroxylation is 1. The van der Waals surface area contributed by atoms with Crippen LogP contribution < -0.4 is 16.1 Å². The lowest BCUT2D eigenvalue weighted by atomic mass is 10.3. The smallest absolute Gasteiger partial charge is 0.363 e. The Kier molecular flexibility index (Phi) is 7.40. The summed E-state index contributed by atoms with van der Waals surface area (Å²) in [6.45, 7) is 1.42. The molecule has 0 fully saturated rings. The van der Waals surface area contributed by atoms with E-state index in [1.165, 1.54) is 17.9 Å². The molecule has 0 spiro atoms. The number of imide groups is 1. The third-order valence-corrected chi connectivity index (χ3v) is 3.48. The number of nitrogens with zero attached hydrogens (tertiary/aromatic N) is 2. The second-order valence-electron chi connectivity index (χ2n) is 5.62. The highest BCUT2D eigenvalue weighted by Crippen LogP contribution is 2.08. The maximum atomic E-state index is 12.2. The second kappa shape index (κ2) is 9.97. The monoisotopic (exact) mass is 388 g/mol. The van der Waals surface area contributed by atoms with Gasteiger partial charge < -0.3 is 14.8 Å². The van der Waals surface area contributed by atoms with Gasteiger partial charge in [0.25, 0.3) is 5.91 Å². The number of esters is 1. The minimum absolute atomic E-state index is 0.210. The van der Waals surface area contributed by atoms with Crippen molar-refractivity contribution in [1.29, 1.82) is 0 Å². The Hall–Kier alpha value is -3.53. The minimum Gasteiger partial charge on any atom is -0.451 e. The van der Waals surface area contributed by atoms with Gasteiger partial charge in [0, 0.05) is 25.4 Å². The first-order chi connectivity index (χ1) is 13.4. The van der Waals surface area contributed by atoms with E-state index in [-0.39, 0.29) is 13.2 Å². The maximum absolute atomic E-state index is 12.2. The number of rotatable bonds is 7. The molecule has 2 aromatic rings. The molecule has 2 rings (SSSR count). The first-order valence-electron chi connectivity index (χ1n) is 8.32. The Bertz CT molecular complexity index is 910. The molecule has 0 saturated heterocycles. The fraction of sp³-hybridized carbons (Fsp3) is 0.278. The number of para-hydroxylation sites is 1. The highest BCUT2D eigenvalue weighted by atomic mass is 16.5. The number of carbonyl (C=O) groups is 3. The number of methoxy groups -OCH3 is 1. The van der Waals surface area contributed by atoms with Crippen molar-refractivity contribution < 1.29 is 23.9 Å². The van der Waals surface area contributed by atoms with Gasteiger partial charge in [0.15, 0.2) is 6.61 Å². The average molecular weight is 388 g/mol. The van der Waals surface area contributed by atoms with Crippen LogP contribution in [0.2, 0.25) is 0 Å². The van der Waals surface area contributed by atoms with Crippen LogP contribution in [0.3, 0.4) is 0 Å². The lowest BCUT2D eigenvalue weighted by molar-refractivity contribution is -0.123. The molecule has 2 N–H and O–H groups in total. The number of hydrogen-bond donors (Lipinski definition) is 2. The van der Waals surface area contributed by atoms with Crippen molar-refractivity contribution in [3.8, 4) is 5.69 Å². The predicted octanol–water partition coefficient (Wildman–Crippen LogP) is 0.170. The highest BCUT2D eigenvalue weighted by molar-refractivity contribution is 5.96. The summed E-state index contributed by atoms with van der Waals surface area (Å²) in [5.41, 5.74) is 0.0805. The molecule has 0 saturated carbocycles. The topological polar surface area (TPSA) is 129 Å². The molecule has 0 bridgehead atoms. The summed E-state index contributed by atoms with van der Waals surface area (Å²) in [6.07, 6.45) is 0. The number of carbonyl (C=O) groups excluding carboxylic acids is 3. The summed E-state index contributed by atoms with van der Waals surface area (Å²) in [5.74, 6) is -1.91. The molecular formula is C18H20N4O6. The van der Waals surface area contributed by atoms with Crippen molar-refractivity contribution in [2.24, 2.45) is 0 Å². The molecule has 10 heteroatoms. The quantitative estimate of drug-likeness (QED) is 0.511. The number of aromatic nitrogens is 2. The Balaban J connectivity index is 2.01. The van der Waals surface area contributed by atoms with E-state index in [1.807, 2.05) is 11.4 Å². The largest absolute Gasteiger partial charge is 0.451 e. The van der Waals surface area contributed by atoms with Crippen molar-refractivity contribution in [3.05, 3.63) is 58.0 Å². The molecule has 3 amide bonds. The van der Waals surface area contributed by atoms with Gasteiger partial charge in [-0.05, 0) is 19.1 Å². The van der Waals surface area contributed by atoms with Crippen LogP contribution in [0, 0.1) is 6.92 Å². The fourth-order valence-corrected chi connectivity index (χ4v) is 2.19. The number of benzene rings is 1. The molecule has 0 aliphatic carbocycles. The van der Waals surface area contributed by atoms with Gasteiger partial charge in [-0.25, -0.2) is 14.3 Å². The number of nitrogens with one attached hydrogen (secondary N) is 2. The summed E-state index contributed by atoms with van der Waals surface area (Å²) in [7, 11) is 1.47. The van der Waals surface area contributed by atoms with Gasteiger partial charge in [-0.2, -0.15) is 5.10 Å². The predicted molar refractivity (Wildman–Crippen MR) is 98.3 cm³/mol. The number of urea groups is 1. The van der Waals surface area contributed by atoms with Crippen LogP contribution in [-0.2, 0) is 14.3 Å². The molecule has 1 aromatic heterocycles. The van der Waals surface area contributed by atoms with Gasteiger partial charge in [0.1, 0.15) is 0 Å². The first kappa shape index (κ1) is 20.8. The third kappa shape index (κ3) is 5.74. The second-order valence-corrected chi connectivity index (χ2v) is 5.62. The first-order valence-corrected chi connectivity index (χ1v) is 8.32. The zero-order chi connectivity index (χ0) is 20.5. The van der Waals surface area contributed by atoms with Crippen LogP contribution >= 0.6 is 0 Å². The minimum atomic E-state index is -1.07. The van der Waals surface area contributed by atoms with E-state index in [1.54, 1.807) is 31.2 Å². The zero-order valence-electron chi connectivity index (χ0n) is 15.4. The van der Waals surface area contributed by atoms with Gasteiger partial charge in [0.2, 0.25) is 11.1 Å².